The molecule has 0 saturated heterocycles. The van der Waals surface area contributed by atoms with Gasteiger partial charge >= 0.3 is 0 Å². The average Bonchev–Trinajstić information content (AvgIpc) is 2.84. The van der Waals surface area contributed by atoms with Gasteiger partial charge in [-0.2, -0.15) is 0 Å². The lowest BCUT2D eigenvalue weighted by Gasteiger charge is -2.10. The Morgan fingerprint density at radius 1 is 1.17 bits per heavy atom. The Balaban J connectivity index is 1.70. The number of nitrogens with zero attached hydrogens (tertiary/aromatic N) is 1. The fourth-order valence-electron chi connectivity index (χ4n) is 2.33. The summed E-state index contributed by atoms with van der Waals surface area (Å²) >= 11 is 0. The fraction of sp³-hybridized carbons (Fsp3) is 0.211. The third-order valence-electron chi connectivity index (χ3n) is 3.64. The molecule has 1 N–H and O–H groups in total. The molecular weight excluding hydrogens is 306 g/mol. The standard InChI is InChI=1S/C19H19NO4/c1-20(2)9-10-23-15-6-3-13(4-7-15)11-18-19(22)16-8-5-14(21)12-17(16)24-18/h3-8,11-12,21H,9-10H2,1-2H3/b18-11-. The van der Waals surface area contributed by atoms with Crippen molar-refractivity contribution in [2.45, 2.75) is 0 Å². The minimum Gasteiger partial charge on any atom is -0.508 e. The van der Waals surface area contributed by atoms with Crippen molar-refractivity contribution in [1.82, 2.24) is 4.90 Å². The first kappa shape index (κ1) is 16.1. The van der Waals surface area contributed by atoms with Crippen molar-refractivity contribution >= 4 is 11.9 Å². The largest absolute Gasteiger partial charge is 0.508 e. The van der Waals surface area contributed by atoms with Gasteiger partial charge in [-0.3, -0.25) is 4.79 Å². The highest BCUT2D eigenvalue weighted by atomic mass is 16.5. The first-order valence-corrected chi connectivity index (χ1v) is 7.68. The highest BCUT2D eigenvalue weighted by Crippen LogP contribution is 2.34. The van der Waals surface area contributed by atoms with Crippen LogP contribution >= 0.6 is 0 Å². The minimum absolute atomic E-state index is 0.0713. The maximum Gasteiger partial charge on any atom is 0.231 e. The number of rotatable bonds is 5. The van der Waals surface area contributed by atoms with Crippen LogP contribution in [0, 0.1) is 0 Å². The maximum atomic E-state index is 12.3. The third kappa shape index (κ3) is 3.58. The Morgan fingerprint density at radius 2 is 1.92 bits per heavy atom. The summed E-state index contributed by atoms with van der Waals surface area (Å²) in [6.07, 6.45) is 1.68. The summed E-state index contributed by atoms with van der Waals surface area (Å²) in [4.78, 5) is 14.3. The maximum absolute atomic E-state index is 12.3. The van der Waals surface area contributed by atoms with Crippen LogP contribution in [-0.2, 0) is 0 Å². The van der Waals surface area contributed by atoms with E-state index in [1.54, 1.807) is 12.1 Å². The van der Waals surface area contributed by atoms with Crippen LogP contribution in [0.25, 0.3) is 6.08 Å². The molecule has 0 saturated carbocycles. The van der Waals surface area contributed by atoms with Gasteiger partial charge in [0, 0.05) is 12.6 Å². The number of allylic oxidation sites excluding steroid dienone is 1. The number of likely N-dealkylation sites (N-methyl/N-ethyl adjacent to an activating group) is 1. The van der Waals surface area contributed by atoms with E-state index in [2.05, 4.69) is 4.90 Å². The smallest absolute Gasteiger partial charge is 0.231 e. The quantitative estimate of drug-likeness (QED) is 0.857. The molecule has 0 radical (unpaired) electrons. The third-order valence-corrected chi connectivity index (χ3v) is 3.64. The van der Waals surface area contributed by atoms with Crippen molar-refractivity contribution in [3.63, 3.8) is 0 Å². The monoisotopic (exact) mass is 325 g/mol. The fourth-order valence-corrected chi connectivity index (χ4v) is 2.33. The number of benzene rings is 2. The zero-order chi connectivity index (χ0) is 17.1. The number of carbonyl (C=O) groups excluding carboxylic acids is 1. The number of ketones is 1. The normalized spacial score (nSPS) is 14.8. The molecule has 2 aromatic carbocycles. The van der Waals surface area contributed by atoms with Crippen molar-refractivity contribution in [3.05, 3.63) is 59.4 Å². The second kappa shape index (κ2) is 6.76. The van der Waals surface area contributed by atoms with E-state index < -0.39 is 0 Å². The molecular formula is C19H19NO4. The Morgan fingerprint density at radius 3 is 2.62 bits per heavy atom. The molecule has 1 aliphatic heterocycles. The van der Waals surface area contributed by atoms with E-state index in [1.165, 1.54) is 12.1 Å². The molecule has 0 aromatic heterocycles. The Labute approximate surface area is 140 Å². The molecule has 0 atom stereocenters. The summed E-state index contributed by atoms with van der Waals surface area (Å²) in [5.74, 6) is 1.30. The van der Waals surface area contributed by atoms with Crippen LogP contribution in [0.1, 0.15) is 15.9 Å². The van der Waals surface area contributed by atoms with Gasteiger partial charge in [0.2, 0.25) is 5.78 Å². The molecule has 5 nitrogen and oxygen atoms in total. The number of carbonyl (C=O) groups is 1. The van der Waals surface area contributed by atoms with Crippen LogP contribution in [0.15, 0.2) is 48.2 Å². The lowest BCUT2D eigenvalue weighted by Crippen LogP contribution is -2.19. The van der Waals surface area contributed by atoms with Gasteiger partial charge in [-0.15, -0.1) is 0 Å². The number of fused-ring (bicyclic) bond motifs is 1. The Bertz CT molecular complexity index is 778. The van der Waals surface area contributed by atoms with Crippen molar-refractivity contribution in [1.29, 1.82) is 0 Å². The molecule has 1 aliphatic rings. The predicted octanol–water partition coefficient (Wildman–Crippen LogP) is 2.95. The number of aromatic hydroxyl groups is 1. The second-order valence-corrected chi connectivity index (χ2v) is 5.84. The number of hydrogen-bond donors (Lipinski definition) is 1. The van der Waals surface area contributed by atoms with Gasteiger partial charge in [-0.1, -0.05) is 12.1 Å². The van der Waals surface area contributed by atoms with Crippen LogP contribution in [-0.4, -0.2) is 43.0 Å². The molecule has 0 bridgehead atoms. The molecule has 3 rings (SSSR count). The van der Waals surface area contributed by atoms with E-state index >= 15 is 0 Å². The molecule has 0 aliphatic carbocycles. The van der Waals surface area contributed by atoms with Gasteiger partial charge in [0.1, 0.15) is 23.9 Å². The molecule has 0 spiro atoms. The van der Waals surface area contributed by atoms with E-state index in [4.69, 9.17) is 9.47 Å². The highest BCUT2D eigenvalue weighted by molar-refractivity contribution is 6.14. The van der Waals surface area contributed by atoms with Gasteiger partial charge in [-0.05, 0) is 50.0 Å². The zero-order valence-corrected chi connectivity index (χ0v) is 13.7. The Kier molecular flexibility index (Phi) is 4.53. The predicted molar refractivity (Wildman–Crippen MR) is 91.5 cm³/mol. The van der Waals surface area contributed by atoms with Crippen molar-refractivity contribution in [3.8, 4) is 17.2 Å². The first-order chi connectivity index (χ1) is 11.5. The lowest BCUT2D eigenvalue weighted by atomic mass is 10.1. The summed E-state index contributed by atoms with van der Waals surface area (Å²) in [6.45, 7) is 1.47. The second-order valence-electron chi connectivity index (χ2n) is 5.84. The summed E-state index contributed by atoms with van der Waals surface area (Å²) in [7, 11) is 3.99. The van der Waals surface area contributed by atoms with Gasteiger partial charge < -0.3 is 19.5 Å². The van der Waals surface area contributed by atoms with Gasteiger partial charge in [-0.25, -0.2) is 0 Å². The molecule has 0 fully saturated rings. The molecule has 1 heterocycles. The van der Waals surface area contributed by atoms with Gasteiger partial charge in [0.15, 0.2) is 5.76 Å². The average molecular weight is 325 g/mol. The number of phenols is 1. The van der Waals surface area contributed by atoms with E-state index in [1.807, 2.05) is 38.4 Å². The van der Waals surface area contributed by atoms with Crippen molar-refractivity contribution in [2.24, 2.45) is 0 Å². The van der Waals surface area contributed by atoms with Crippen molar-refractivity contribution in [2.75, 3.05) is 27.2 Å². The summed E-state index contributed by atoms with van der Waals surface area (Å²) in [5, 5.41) is 9.47. The van der Waals surface area contributed by atoms with E-state index in [9.17, 15) is 9.90 Å². The van der Waals surface area contributed by atoms with Gasteiger partial charge in [0.05, 0.1) is 5.56 Å². The molecule has 24 heavy (non-hydrogen) atoms. The van der Waals surface area contributed by atoms with Gasteiger partial charge in [0.25, 0.3) is 0 Å². The van der Waals surface area contributed by atoms with Crippen LogP contribution in [0.3, 0.4) is 0 Å². The summed E-state index contributed by atoms with van der Waals surface area (Å²) in [5.41, 5.74) is 1.30. The zero-order valence-electron chi connectivity index (χ0n) is 13.7. The number of Topliss-reactive ketones (excluding diaryl/α,β-unsaturated/α-hetero) is 1. The SMILES string of the molecule is CN(C)CCOc1ccc(/C=C2\Oc3cc(O)ccc3C2=O)cc1. The van der Waals surface area contributed by atoms with Crippen LogP contribution in [0.2, 0.25) is 0 Å². The molecule has 5 heteroatoms. The van der Waals surface area contributed by atoms with E-state index in [0.29, 0.717) is 17.9 Å². The molecule has 124 valence electrons. The summed E-state index contributed by atoms with van der Waals surface area (Å²) in [6, 6.07) is 11.9. The molecule has 0 amide bonds. The van der Waals surface area contributed by atoms with Crippen LogP contribution < -0.4 is 9.47 Å². The molecule has 0 unspecified atom stereocenters. The molecule has 2 aromatic rings. The number of phenolic OH excluding ortho intramolecular Hbond substituents is 1. The Hall–Kier alpha value is -2.79. The first-order valence-electron chi connectivity index (χ1n) is 7.68. The van der Waals surface area contributed by atoms with Crippen LogP contribution in [0.4, 0.5) is 0 Å². The number of ether oxygens (including phenoxy) is 2. The lowest BCUT2D eigenvalue weighted by molar-refractivity contribution is 0.101. The minimum atomic E-state index is -0.184. The van der Waals surface area contributed by atoms with Crippen molar-refractivity contribution < 1.29 is 19.4 Å². The summed E-state index contributed by atoms with van der Waals surface area (Å²) < 4.78 is 11.2. The number of hydrogen-bond acceptors (Lipinski definition) is 5. The topological polar surface area (TPSA) is 59.0 Å². The van der Waals surface area contributed by atoms with E-state index in [-0.39, 0.29) is 17.3 Å². The van der Waals surface area contributed by atoms with Crippen LogP contribution in [0.5, 0.6) is 17.2 Å². The highest BCUT2D eigenvalue weighted by Gasteiger charge is 2.27. The van der Waals surface area contributed by atoms with E-state index in [0.717, 1.165) is 17.9 Å².